The molecule has 0 bridgehead atoms. The summed E-state index contributed by atoms with van der Waals surface area (Å²) in [7, 11) is 3.25. The number of halogens is 3. The summed E-state index contributed by atoms with van der Waals surface area (Å²) in [6.07, 6.45) is 4.82. The Morgan fingerprint density at radius 1 is 1.07 bits per heavy atom. The number of benzene rings is 2. The number of imidazole rings is 1. The van der Waals surface area contributed by atoms with E-state index in [1.54, 1.807) is 62.6 Å². The summed E-state index contributed by atoms with van der Waals surface area (Å²) in [5, 5.41) is 3.23. The van der Waals surface area contributed by atoms with Gasteiger partial charge in [0.15, 0.2) is 11.4 Å². The van der Waals surface area contributed by atoms with Gasteiger partial charge in [-0.2, -0.15) is 0 Å². The lowest BCUT2D eigenvalue weighted by molar-refractivity contribution is -0.122. The first-order chi connectivity index (χ1) is 20.0. The van der Waals surface area contributed by atoms with Crippen molar-refractivity contribution in [1.29, 1.82) is 0 Å². The molecule has 0 saturated carbocycles. The van der Waals surface area contributed by atoms with Crippen LogP contribution in [0.25, 0.3) is 11.7 Å². The first-order valence-corrected chi connectivity index (χ1v) is 14.3. The van der Waals surface area contributed by atoms with Gasteiger partial charge in [-0.15, -0.1) is 0 Å². The van der Waals surface area contributed by atoms with E-state index in [0.717, 1.165) is 21.5 Å². The molecule has 4 rings (SSSR count). The van der Waals surface area contributed by atoms with Gasteiger partial charge in [-0.3, -0.25) is 18.8 Å². The molecule has 42 heavy (non-hydrogen) atoms. The van der Waals surface area contributed by atoms with Crippen LogP contribution >= 0.6 is 39.1 Å². The molecule has 2 heterocycles. The van der Waals surface area contributed by atoms with Gasteiger partial charge in [-0.1, -0.05) is 35.3 Å². The van der Waals surface area contributed by atoms with Crippen LogP contribution in [0.5, 0.6) is 5.75 Å². The average Bonchev–Trinajstić information content (AvgIpc) is 3.27. The van der Waals surface area contributed by atoms with Crippen LogP contribution in [-0.4, -0.2) is 47.7 Å². The van der Waals surface area contributed by atoms with Crippen LogP contribution < -0.4 is 19.9 Å². The van der Waals surface area contributed by atoms with Crippen LogP contribution in [0.15, 0.2) is 65.4 Å². The summed E-state index contributed by atoms with van der Waals surface area (Å²) in [5.41, 5.74) is 3.89. The largest absolute Gasteiger partial charge is 0.485 e. The van der Waals surface area contributed by atoms with Gasteiger partial charge in [0, 0.05) is 49.6 Å². The molecule has 0 spiro atoms. The molecule has 0 aliphatic heterocycles. The summed E-state index contributed by atoms with van der Waals surface area (Å²) in [6.45, 7) is 3.17. The highest BCUT2D eigenvalue weighted by atomic mass is 79.9. The van der Waals surface area contributed by atoms with Crippen LogP contribution in [0.1, 0.15) is 23.7 Å². The zero-order chi connectivity index (χ0) is 30.6. The number of hydrogen-bond acceptors (Lipinski definition) is 5. The molecule has 0 aliphatic rings. The van der Waals surface area contributed by atoms with E-state index in [2.05, 4.69) is 26.2 Å². The summed E-state index contributed by atoms with van der Waals surface area (Å²) in [6, 6.07) is 14.1. The Bertz CT molecular complexity index is 1690. The highest BCUT2D eigenvalue weighted by molar-refractivity contribution is 9.10. The quantitative estimate of drug-likeness (QED) is 0.218. The molecule has 0 fully saturated rings. The number of pyridine rings is 1. The Hall–Kier alpha value is -3.86. The van der Waals surface area contributed by atoms with Crippen molar-refractivity contribution in [2.24, 2.45) is 0 Å². The Morgan fingerprint density at radius 3 is 2.48 bits per heavy atom. The van der Waals surface area contributed by atoms with Crippen molar-refractivity contribution in [3.8, 4) is 5.75 Å². The van der Waals surface area contributed by atoms with Crippen LogP contribution in [0.3, 0.4) is 0 Å². The van der Waals surface area contributed by atoms with E-state index >= 15 is 0 Å². The number of nitrogens with zero attached hydrogens (tertiary/aromatic N) is 4. The second-order valence-electron chi connectivity index (χ2n) is 9.38. The van der Waals surface area contributed by atoms with E-state index in [1.165, 1.54) is 22.8 Å². The minimum Gasteiger partial charge on any atom is -0.485 e. The molecule has 0 saturated heterocycles. The minimum absolute atomic E-state index is 0.0459. The molecular formula is C30H28BrCl2N5O4. The molecule has 0 unspecified atom stereocenters. The lowest BCUT2D eigenvalue weighted by Gasteiger charge is -2.21. The minimum atomic E-state index is -0.437. The predicted molar refractivity (Wildman–Crippen MR) is 169 cm³/mol. The van der Waals surface area contributed by atoms with Gasteiger partial charge < -0.3 is 19.9 Å². The molecule has 3 amide bonds. The van der Waals surface area contributed by atoms with Crippen molar-refractivity contribution in [2.75, 3.05) is 30.4 Å². The second kappa shape index (κ2) is 13.4. The van der Waals surface area contributed by atoms with E-state index in [0.29, 0.717) is 27.7 Å². The molecule has 0 atom stereocenters. The number of rotatable bonds is 9. The van der Waals surface area contributed by atoms with E-state index in [4.69, 9.17) is 27.9 Å². The second-order valence-corrected chi connectivity index (χ2v) is 10.9. The van der Waals surface area contributed by atoms with E-state index < -0.39 is 5.91 Å². The van der Waals surface area contributed by atoms with Gasteiger partial charge in [0.05, 0.1) is 22.9 Å². The number of aromatic nitrogens is 2. The number of hydrogen-bond donors (Lipinski definition) is 1. The third-order valence-electron chi connectivity index (χ3n) is 6.58. The molecule has 2 aromatic carbocycles. The highest BCUT2D eigenvalue weighted by Gasteiger charge is 2.20. The van der Waals surface area contributed by atoms with Crippen LogP contribution in [0.4, 0.5) is 11.4 Å². The van der Waals surface area contributed by atoms with Crippen molar-refractivity contribution >= 4 is 80.0 Å². The van der Waals surface area contributed by atoms with Gasteiger partial charge in [0.25, 0.3) is 0 Å². The smallest absolute Gasteiger partial charge is 0.246 e. The molecule has 0 aliphatic carbocycles. The summed E-state index contributed by atoms with van der Waals surface area (Å²) in [5.74, 6) is -0.355. The van der Waals surface area contributed by atoms with Gasteiger partial charge in [0.1, 0.15) is 11.2 Å². The van der Waals surface area contributed by atoms with Crippen LogP contribution in [0.2, 0.25) is 10.0 Å². The van der Waals surface area contributed by atoms with E-state index in [-0.39, 0.29) is 30.0 Å². The topological polar surface area (TPSA) is 96.2 Å². The molecule has 2 aromatic heterocycles. The fraction of sp³-hybridized carbons (Fsp3) is 0.200. The Morgan fingerprint density at radius 2 is 1.79 bits per heavy atom. The first kappa shape index (κ1) is 31.1. The Balaban J connectivity index is 1.38. The number of fused-ring (bicyclic) bond motifs is 1. The number of carbonyl (C=O) groups is 3. The number of anilines is 2. The zero-order valence-electron chi connectivity index (χ0n) is 23.3. The third-order valence-corrected chi connectivity index (χ3v) is 8.31. The van der Waals surface area contributed by atoms with Crippen molar-refractivity contribution in [2.45, 2.75) is 20.5 Å². The number of amides is 3. The summed E-state index contributed by atoms with van der Waals surface area (Å²) < 4.78 is 8.74. The molecule has 9 nitrogen and oxygen atoms in total. The SMILES string of the molecule is CC(=O)N(C)c1ccc(/C=C/C(=O)NCC(=O)N(C)c2ccc(Cl)c(COc3cccn4c(Br)c(C)nc34)c2Cl)cc1. The first-order valence-electron chi connectivity index (χ1n) is 12.8. The summed E-state index contributed by atoms with van der Waals surface area (Å²) in [4.78, 5) is 44.2. The van der Waals surface area contributed by atoms with Gasteiger partial charge in [0.2, 0.25) is 17.7 Å². The van der Waals surface area contributed by atoms with Crippen LogP contribution in [-0.2, 0) is 21.0 Å². The molecule has 218 valence electrons. The monoisotopic (exact) mass is 671 g/mol. The lowest BCUT2D eigenvalue weighted by atomic mass is 10.2. The number of aryl methyl sites for hydroxylation is 1. The molecule has 12 heteroatoms. The van der Waals surface area contributed by atoms with Crippen molar-refractivity contribution in [1.82, 2.24) is 14.7 Å². The fourth-order valence-electron chi connectivity index (χ4n) is 4.00. The predicted octanol–water partition coefficient (Wildman–Crippen LogP) is 6.07. The number of nitrogens with one attached hydrogen (secondary N) is 1. The molecule has 1 N–H and O–H groups in total. The normalized spacial score (nSPS) is 11.1. The van der Waals surface area contributed by atoms with Crippen molar-refractivity contribution in [3.05, 3.63) is 92.3 Å². The molecule has 4 aromatic rings. The maximum absolute atomic E-state index is 12.9. The van der Waals surface area contributed by atoms with E-state index in [9.17, 15) is 14.4 Å². The summed E-state index contributed by atoms with van der Waals surface area (Å²) >= 11 is 16.7. The maximum Gasteiger partial charge on any atom is 0.246 e. The highest BCUT2D eigenvalue weighted by Crippen LogP contribution is 2.35. The van der Waals surface area contributed by atoms with Gasteiger partial charge in [-0.25, -0.2) is 4.98 Å². The van der Waals surface area contributed by atoms with E-state index in [1.807, 2.05) is 23.6 Å². The third kappa shape index (κ3) is 6.95. The van der Waals surface area contributed by atoms with Crippen LogP contribution in [0, 0.1) is 6.92 Å². The number of likely N-dealkylation sites (N-methyl/N-ethyl adjacent to an activating group) is 1. The Kier molecular flexibility index (Phi) is 9.93. The fourth-order valence-corrected chi connectivity index (χ4v) is 4.98. The van der Waals surface area contributed by atoms with Crippen molar-refractivity contribution in [3.63, 3.8) is 0 Å². The lowest BCUT2D eigenvalue weighted by Crippen LogP contribution is -2.37. The average molecular weight is 673 g/mol. The number of ether oxygens (including phenoxy) is 1. The standard InChI is InChI=1S/C30H28BrCl2N5O4/c1-18-29(31)38-15-5-6-25(30(38)35-18)42-17-22-23(32)12-13-24(28(22)33)37(4)27(41)16-34-26(40)14-9-20-7-10-21(11-8-20)36(3)19(2)39/h5-15H,16-17H2,1-4H3,(H,34,40)/b14-9+. The molecular weight excluding hydrogens is 645 g/mol. The van der Waals surface area contributed by atoms with Gasteiger partial charge >= 0.3 is 0 Å². The van der Waals surface area contributed by atoms with Crippen molar-refractivity contribution < 1.29 is 19.1 Å². The Labute approximate surface area is 261 Å². The number of carbonyl (C=O) groups excluding carboxylic acids is 3. The zero-order valence-corrected chi connectivity index (χ0v) is 26.4. The maximum atomic E-state index is 12.9. The molecule has 0 radical (unpaired) electrons. The van der Waals surface area contributed by atoms with Gasteiger partial charge in [-0.05, 0) is 70.9 Å².